The van der Waals surface area contributed by atoms with Crippen LogP contribution < -0.4 is 10.1 Å². The summed E-state index contributed by atoms with van der Waals surface area (Å²) in [5.41, 5.74) is 3.41. The smallest absolute Gasteiger partial charge is 0.127 e. The van der Waals surface area contributed by atoms with Crippen LogP contribution in [0, 0.1) is 0 Å². The zero-order valence-corrected chi connectivity index (χ0v) is 12.3. The Hall–Kier alpha value is -1.39. The topological polar surface area (TPSA) is 34.1 Å². The molecule has 4 heteroatoms. The number of hydrogen-bond donors (Lipinski definition) is 1. The fourth-order valence-corrected chi connectivity index (χ4v) is 3.00. The van der Waals surface area contributed by atoms with Crippen LogP contribution in [0.2, 0.25) is 0 Å². The van der Waals surface area contributed by atoms with E-state index in [1.54, 1.807) is 0 Å². The highest BCUT2D eigenvalue weighted by atomic mass is 79.9. The number of halogens is 1. The second-order valence-electron chi connectivity index (χ2n) is 4.53. The van der Waals surface area contributed by atoms with Crippen molar-refractivity contribution in [2.75, 3.05) is 13.7 Å². The van der Waals surface area contributed by atoms with Gasteiger partial charge >= 0.3 is 0 Å². The minimum atomic E-state index is 0.0311. The fourth-order valence-electron chi connectivity index (χ4n) is 2.52. The third-order valence-corrected chi connectivity index (χ3v) is 4.08. The maximum Gasteiger partial charge on any atom is 0.127 e. The highest BCUT2D eigenvalue weighted by molar-refractivity contribution is 9.10. The average Bonchev–Trinajstić information content (AvgIpc) is 2.91. The van der Waals surface area contributed by atoms with Crippen LogP contribution >= 0.6 is 15.9 Å². The van der Waals surface area contributed by atoms with E-state index in [1.165, 1.54) is 5.56 Å². The van der Waals surface area contributed by atoms with Gasteiger partial charge in [0.25, 0.3) is 0 Å². The molecule has 1 aromatic heterocycles. The summed E-state index contributed by atoms with van der Waals surface area (Å²) in [4.78, 5) is 4.49. The first-order chi connectivity index (χ1) is 9.31. The quantitative estimate of drug-likeness (QED) is 0.944. The van der Waals surface area contributed by atoms with Gasteiger partial charge in [-0.05, 0) is 40.7 Å². The van der Waals surface area contributed by atoms with E-state index in [1.807, 2.05) is 25.4 Å². The van der Waals surface area contributed by atoms with Crippen LogP contribution in [0.25, 0.3) is 0 Å². The van der Waals surface area contributed by atoms with E-state index in [0.717, 1.165) is 34.5 Å². The maximum atomic E-state index is 5.79. The molecule has 0 saturated carbocycles. The highest BCUT2D eigenvalue weighted by Crippen LogP contribution is 2.37. The Kier molecular flexibility index (Phi) is 3.53. The summed E-state index contributed by atoms with van der Waals surface area (Å²) in [6.45, 7) is 0.770. The number of nitrogens with one attached hydrogen (secondary N) is 1. The zero-order valence-electron chi connectivity index (χ0n) is 10.7. The minimum Gasteiger partial charge on any atom is -0.493 e. The summed E-state index contributed by atoms with van der Waals surface area (Å²) in [6.07, 6.45) is 2.80. The van der Waals surface area contributed by atoms with Crippen molar-refractivity contribution < 1.29 is 4.74 Å². The van der Waals surface area contributed by atoms with Crippen molar-refractivity contribution in [1.29, 1.82) is 0 Å². The molecular weight excluding hydrogens is 304 g/mol. The third-order valence-electron chi connectivity index (χ3n) is 3.40. The molecule has 0 saturated heterocycles. The highest BCUT2D eigenvalue weighted by Gasteiger charge is 2.24. The molecule has 1 aliphatic heterocycles. The molecule has 0 aliphatic carbocycles. The summed E-state index contributed by atoms with van der Waals surface area (Å²) in [7, 11) is 1.94. The van der Waals surface area contributed by atoms with Crippen molar-refractivity contribution in [1.82, 2.24) is 10.3 Å². The molecule has 19 heavy (non-hydrogen) atoms. The Morgan fingerprint density at radius 3 is 3.00 bits per heavy atom. The average molecular weight is 319 g/mol. The normalized spacial score (nSPS) is 14.8. The van der Waals surface area contributed by atoms with E-state index in [0.29, 0.717) is 0 Å². The SMILES string of the molecule is CNC(c1cccc2c1OCC2)c1ncccc1Br. The summed E-state index contributed by atoms with van der Waals surface area (Å²) >= 11 is 3.57. The van der Waals surface area contributed by atoms with Gasteiger partial charge in [0.1, 0.15) is 5.75 Å². The molecule has 98 valence electrons. The van der Waals surface area contributed by atoms with E-state index < -0.39 is 0 Å². The molecule has 0 fully saturated rings. The number of pyridine rings is 1. The Bertz CT molecular complexity index is 600. The van der Waals surface area contributed by atoms with Gasteiger partial charge in [0.05, 0.1) is 18.3 Å². The van der Waals surface area contributed by atoms with E-state index in [9.17, 15) is 0 Å². The van der Waals surface area contributed by atoms with Crippen LogP contribution in [-0.4, -0.2) is 18.6 Å². The Morgan fingerprint density at radius 1 is 1.32 bits per heavy atom. The maximum absolute atomic E-state index is 5.79. The zero-order chi connectivity index (χ0) is 13.2. The Labute approximate surface area is 121 Å². The number of fused-ring (bicyclic) bond motifs is 1. The van der Waals surface area contributed by atoms with Crippen molar-refractivity contribution in [2.45, 2.75) is 12.5 Å². The summed E-state index contributed by atoms with van der Waals surface area (Å²) < 4.78 is 6.80. The third kappa shape index (κ3) is 2.26. The van der Waals surface area contributed by atoms with Crippen LogP contribution in [0.1, 0.15) is 22.9 Å². The van der Waals surface area contributed by atoms with Crippen LogP contribution in [0.5, 0.6) is 5.75 Å². The lowest BCUT2D eigenvalue weighted by atomic mass is 9.99. The van der Waals surface area contributed by atoms with Gasteiger partial charge in [0.15, 0.2) is 0 Å². The van der Waals surface area contributed by atoms with Crippen LogP contribution in [0.15, 0.2) is 41.0 Å². The number of nitrogens with zero attached hydrogens (tertiary/aromatic N) is 1. The molecule has 0 amide bonds. The molecule has 1 aromatic carbocycles. The molecule has 1 atom stereocenters. The molecule has 1 unspecified atom stereocenters. The van der Waals surface area contributed by atoms with E-state index >= 15 is 0 Å². The second kappa shape index (κ2) is 5.31. The van der Waals surface area contributed by atoms with Crippen LogP contribution in [-0.2, 0) is 6.42 Å². The fraction of sp³-hybridized carbons (Fsp3) is 0.267. The van der Waals surface area contributed by atoms with Crippen molar-refractivity contribution in [2.24, 2.45) is 0 Å². The summed E-state index contributed by atoms with van der Waals surface area (Å²) in [6, 6.07) is 10.3. The molecule has 0 spiro atoms. The lowest BCUT2D eigenvalue weighted by molar-refractivity contribution is 0.351. The number of hydrogen-bond acceptors (Lipinski definition) is 3. The molecule has 1 N–H and O–H groups in total. The number of rotatable bonds is 3. The first-order valence-corrected chi connectivity index (χ1v) is 7.13. The Morgan fingerprint density at radius 2 is 2.21 bits per heavy atom. The molecule has 0 bridgehead atoms. The predicted molar refractivity (Wildman–Crippen MR) is 78.5 cm³/mol. The molecule has 2 aromatic rings. The van der Waals surface area contributed by atoms with Crippen molar-refractivity contribution >= 4 is 15.9 Å². The molecule has 3 rings (SSSR count). The van der Waals surface area contributed by atoms with E-state index in [2.05, 4.69) is 44.4 Å². The summed E-state index contributed by atoms with van der Waals surface area (Å²) in [5, 5.41) is 3.33. The van der Waals surface area contributed by atoms with Gasteiger partial charge in [0.2, 0.25) is 0 Å². The Balaban J connectivity index is 2.09. The summed E-state index contributed by atoms with van der Waals surface area (Å²) in [5.74, 6) is 1.01. The number of aromatic nitrogens is 1. The first-order valence-electron chi connectivity index (χ1n) is 6.33. The lowest BCUT2D eigenvalue weighted by Crippen LogP contribution is -2.20. The van der Waals surface area contributed by atoms with Gasteiger partial charge < -0.3 is 10.1 Å². The number of para-hydroxylation sites is 1. The van der Waals surface area contributed by atoms with E-state index in [-0.39, 0.29) is 6.04 Å². The van der Waals surface area contributed by atoms with Gasteiger partial charge in [-0.1, -0.05) is 18.2 Å². The molecule has 0 radical (unpaired) electrons. The largest absolute Gasteiger partial charge is 0.493 e. The molecule has 3 nitrogen and oxygen atoms in total. The minimum absolute atomic E-state index is 0.0311. The van der Waals surface area contributed by atoms with Gasteiger partial charge in [-0.3, -0.25) is 4.98 Å². The standard InChI is InChI=1S/C15H15BrN2O/c1-17-13(14-12(16)6-3-8-18-14)11-5-2-4-10-7-9-19-15(10)11/h2-6,8,13,17H,7,9H2,1H3. The van der Waals surface area contributed by atoms with Gasteiger partial charge in [-0.15, -0.1) is 0 Å². The lowest BCUT2D eigenvalue weighted by Gasteiger charge is -2.19. The van der Waals surface area contributed by atoms with Crippen LogP contribution in [0.4, 0.5) is 0 Å². The predicted octanol–water partition coefficient (Wildman–Crippen LogP) is 3.09. The van der Waals surface area contributed by atoms with Gasteiger partial charge in [0, 0.05) is 22.7 Å². The van der Waals surface area contributed by atoms with Gasteiger partial charge in [-0.2, -0.15) is 0 Å². The van der Waals surface area contributed by atoms with Crippen molar-refractivity contribution in [3.63, 3.8) is 0 Å². The second-order valence-corrected chi connectivity index (χ2v) is 5.38. The van der Waals surface area contributed by atoms with E-state index in [4.69, 9.17) is 4.74 Å². The molecular formula is C15H15BrN2O. The van der Waals surface area contributed by atoms with Crippen LogP contribution in [0.3, 0.4) is 0 Å². The van der Waals surface area contributed by atoms with Crippen molar-refractivity contribution in [3.05, 3.63) is 57.8 Å². The van der Waals surface area contributed by atoms with Crippen molar-refractivity contribution in [3.8, 4) is 5.75 Å². The first kappa shape index (κ1) is 12.6. The molecule has 2 heterocycles. The van der Waals surface area contributed by atoms with Gasteiger partial charge in [-0.25, -0.2) is 0 Å². The monoisotopic (exact) mass is 318 g/mol. The molecule has 1 aliphatic rings. The number of benzene rings is 1. The number of ether oxygens (including phenoxy) is 1.